The van der Waals surface area contributed by atoms with Gasteiger partial charge in [0.05, 0.1) is 0 Å². The highest BCUT2D eigenvalue weighted by Gasteiger charge is 2.50. The molecule has 3 N–H and O–H groups in total. The summed E-state index contributed by atoms with van der Waals surface area (Å²) in [4.78, 5) is 10.8. The molecule has 0 saturated heterocycles. The number of carbonyl (C=O) groups is 1. The first-order valence-electron chi connectivity index (χ1n) is 5.92. The third-order valence-electron chi connectivity index (χ3n) is 3.54. The lowest BCUT2D eigenvalue weighted by Crippen LogP contribution is -2.44. The summed E-state index contributed by atoms with van der Waals surface area (Å²) in [5.41, 5.74) is 0.608. The van der Waals surface area contributed by atoms with Crippen LogP contribution in [0, 0.1) is 5.92 Å². The van der Waals surface area contributed by atoms with Crippen molar-refractivity contribution in [1.82, 2.24) is 5.32 Å². The average molecular weight is 270 g/mol. The first kappa shape index (κ1) is 13.2. The van der Waals surface area contributed by atoms with E-state index in [1.54, 1.807) is 12.1 Å². The molecule has 1 atom stereocenters. The monoisotopic (exact) mass is 269 g/mol. The van der Waals surface area contributed by atoms with E-state index in [-0.39, 0.29) is 12.5 Å². The molecule has 0 bridgehead atoms. The van der Waals surface area contributed by atoms with Gasteiger partial charge in [-0.25, -0.2) is 4.79 Å². The summed E-state index contributed by atoms with van der Waals surface area (Å²) in [6, 6.07) is 7.41. The van der Waals surface area contributed by atoms with E-state index < -0.39 is 11.6 Å². The summed E-state index contributed by atoms with van der Waals surface area (Å²) in [6.45, 7) is -0.0249. The summed E-state index contributed by atoms with van der Waals surface area (Å²) >= 11 is 5.81. The molecule has 0 radical (unpaired) electrons. The number of benzene rings is 1. The third-order valence-corrected chi connectivity index (χ3v) is 3.79. The molecule has 98 valence electrons. The second kappa shape index (κ2) is 5.16. The van der Waals surface area contributed by atoms with E-state index in [1.165, 1.54) is 0 Å². The fourth-order valence-electron chi connectivity index (χ4n) is 2.32. The molecule has 0 aliphatic heterocycles. The van der Waals surface area contributed by atoms with Crippen molar-refractivity contribution in [3.63, 3.8) is 0 Å². The van der Waals surface area contributed by atoms with Crippen molar-refractivity contribution in [2.45, 2.75) is 24.8 Å². The average Bonchev–Trinajstić information content (AvgIpc) is 3.08. The molecule has 0 spiro atoms. The van der Waals surface area contributed by atoms with Crippen molar-refractivity contribution in [2.75, 3.05) is 6.61 Å². The van der Waals surface area contributed by atoms with Crippen molar-refractivity contribution in [3.8, 4) is 0 Å². The fourth-order valence-corrected chi connectivity index (χ4v) is 2.45. The predicted molar refractivity (Wildman–Crippen MR) is 68.9 cm³/mol. The molecule has 18 heavy (non-hydrogen) atoms. The molecule has 0 aromatic heterocycles. The highest BCUT2D eigenvalue weighted by atomic mass is 35.5. The number of rotatable bonds is 5. The second-order valence-corrected chi connectivity index (χ2v) is 5.23. The van der Waals surface area contributed by atoms with E-state index in [0.29, 0.717) is 11.4 Å². The van der Waals surface area contributed by atoms with Crippen molar-refractivity contribution in [3.05, 3.63) is 34.9 Å². The van der Waals surface area contributed by atoms with E-state index in [0.717, 1.165) is 18.4 Å². The molecule has 2 rings (SSSR count). The van der Waals surface area contributed by atoms with Crippen LogP contribution in [0.25, 0.3) is 0 Å². The van der Waals surface area contributed by atoms with Gasteiger partial charge >= 0.3 is 6.09 Å². The number of hydrogen-bond acceptors (Lipinski definition) is 2. The van der Waals surface area contributed by atoms with Crippen molar-refractivity contribution in [1.29, 1.82) is 0 Å². The van der Waals surface area contributed by atoms with Crippen molar-refractivity contribution in [2.24, 2.45) is 5.92 Å². The Hall–Kier alpha value is -1.26. The second-order valence-electron chi connectivity index (χ2n) is 4.80. The Labute approximate surface area is 111 Å². The first-order valence-corrected chi connectivity index (χ1v) is 6.30. The molecule has 1 aliphatic carbocycles. The van der Waals surface area contributed by atoms with Gasteiger partial charge in [-0.15, -0.1) is 0 Å². The van der Waals surface area contributed by atoms with E-state index >= 15 is 0 Å². The lowest BCUT2D eigenvalue weighted by molar-refractivity contribution is 0.156. The maximum absolute atomic E-state index is 10.8. The Bertz CT molecular complexity index is 428. The standard InChI is InChI=1S/C13H16ClNO3/c14-11-3-1-9(2-4-11)7-10(8-16)13(5-6-13)15-12(17)18/h1-4,10,15-16H,5-8H2,(H,17,18). The molecule has 1 aliphatic rings. The van der Waals surface area contributed by atoms with Gasteiger partial charge in [0.1, 0.15) is 0 Å². The molecule has 1 fully saturated rings. The largest absolute Gasteiger partial charge is 0.465 e. The number of nitrogens with one attached hydrogen (secondary N) is 1. The van der Waals surface area contributed by atoms with Crippen LogP contribution in [0.4, 0.5) is 4.79 Å². The van der Waals surface area contributed by atoms with Crippen LogP contribution in [-0.4, -0.2) is 28.5 Å². The first-order chi connectivity index (χ1) is 8.55. The molecular formula is C13H16ClNO3. The van der Waals surface area contributed by atoms with E-state index in [9.17, 15) is 9.90 Å². The number of carboxylic acid groups (broad SMARTS) is 1. The summed E-state index contributed by atoms with van der Waals surface area (Å²) in [6.07, 6.45) is 1.20. The van der Waals surface area contributed by atoms with Crippen molar-refractivity contribution >= 4 is 17.7 Å². The Kier molecular flexibility index (Phi) is 3.78. The topological polar surface area (TPSA) is 69.6 Å². The maximum atomic E-state index is 10.8. The SMILES string of the molecule is O=C(O)NC1(C(CO)Cc2ccc(Cl)cc2)CC1. The molecule has 1 aromatic rings. The Balaban J connectivity index is 2.05. The Morgan fingerprint density at radius 2 is 2.00 bits per heavy atom. The van der Waals surface area contributed by atoms with Gasteiger partial charge in [-0.1, -0.05) is 23.7 Å². The van der Waals surface area contributed by atoms with Gasteiger partial charge in [-0.05, 0) is 37.0 Å². The smallest absolute Gasteiger partial charge is 0.405 e. The van der Waals surface area contributed by atoms with Crippen LogP contribution in [0.2, 0.25) is 5.02 Å². The van der Waals surface area contributed by atoms with Gasteiger partial charge in [0, 0.05) is 23.1 Å². The van der Waals surface area contributed by atoms with Crippen molar-refractivity contribution < 1.29 is 15.0 Å². The van der Waals surface area contributed by atoms with Gasteiger partial charge in [0.25, 0.3) is 0 Å². The minimum atomic E-state index is -1.03. The van der Waals surface area contributed by atoms with Gasteiger partial charge in [-0.2, -0.15) is 0 Å². The molecular weight excluding hydrogens is 254 g/mol. The summed E-state index contributed by atoms with van der Waals surface area (Å²) in [5.74, 6) is -0.0882. The minimum Gasteiger partial charge on any atom is -0.465 e. The molecule has 1 saturated carbocycles. The maximum Gasteiger partial charge on any atom is 0.405 e. The van der Waals surface area contributed by atoms with Crippen LogP contribution in [0.1, 0.15) is 18.4 Å². The van der Waals surface area contributed by atoms with E-state index in [2.05, 4.69) is 5.32 Å². The summed E-state index contributed by atoms with van der Waals surface area (Å²) in [5, 5.41) is 21.5. The lowest BCUT2D eigenvalue weighted by Gasteiger charge is -2.25. The Morgan fingerprint density at radius 1 is 1.39 bits per heavy atom. The van der Waals surface area contributed by atoms with E-state index in [4.69, 9.17) is 16.7 Å². The molecule has 5 heteroatoms. The van der Waals surface area contributed by atoms with Crippen LogP contribution in [0.15, 0.2) is 24.3 Å². The minimum absolute atomic E-state index is 0.0249. The summed E-state index contributed by atoms with van der Waals surface area (Å²) in [7, 11) is 0. The molecule has 1 aromatic carbocycles. The number of amides is 1. The van der Waals surface area contributed by atoms with Gasteiger partial charge < -0.3 is 15.5 Å². The highest BCUT2D eigenvalue weighted by Crippen LogP contribution is 2.43. The molecule has 1 amide bonds. The zero-order chi connectivity index (χ0) is 13.2. The third kappa shape index (κ3) is 2.94. The van der Waals surface area contributed by atoms with Crippen LogP contribution in [0.5, 0.6) is 0 Å². The zero-order valence-electron chi connectivity index (χ0n) is 9.90. The number of aliphatic hydroxyl groups is 1. The van der Waals surface area contributed by atoms with Crippen LogP contribution in [0.3, 0.4) is 0 Å². The number of hydrogen-bond donors (Lipinski definition) is 3. The summed E-state index contributed by atoms with van der Waals surface area (Å²) < 4.78 is 0. The van der Waals surface area contributed by atoms with Crippen LogP contribution in [-0.2, 0) is 6.42 Å². The van der Waals surface area contributed by atoms with E-state index in [1.807, 2.05) is 12.1 Å². The van der Waals surface area contributed by atoms with Crippen LogP contribution >= 0.6 is 11.6 Å². The van der Waals surface area contributed by atoms with Gasteiger partial charge in [0.2, 0.25) is 0 Å². The lowest BCUT2D eigenvalue weighted by atomic mass is 9.90. The molecule has 1 unspecified atom stereocenters. The fraction of sp³-hybridized carbons (Fsp3) is 0.462. The zero-order valence-corrected chi connectivity index (χ0v) is 10.7. The molecule has 4 nitrogen and oxygen atoms in total. The normalized spacial score (nSPS) is 18.1. The predicted octanol–water partition coefficient (Wildman–Crippen LogP) is 2.29. The van der Waals surface area contributed by atoms with Crippen LogP contribution < -0.4 is 5.32 Å². The van der Waals surface area contributed by atoms with Gasteiger partial charge in [-0.3, -0.25) is 0 Å². The molecule has 0 heterocycles. The number of halogens is 1. The Morgan fingerprint density at radius 3 is 2.44 bits per heavy atom. The number of aliphatic hydroxyl groups excluding tert-OH is 1. The van der Waals surface area contributed by atoms with Gasteiger partial charge in [0.15, 0.2) is 0 Å². The quantitative estimate of drug-likeness (QED) is 0.768. The highest BCUT2D eigenvalue weighted by molar-refractivity contribution is 6.30.